The largest absolute Gasteiger partial charge is 0.350 e. The van der Waals surface area contributed by atoms with Crippen LogP contribution in [-0.2, 0) is 4.79 Å². The number of hydrazone groups is 1. The monoisotopic (exact) mass is 462 g/mol. The van der Waals surface area contributed by atoms with Crippen LogP contribution in [0, 0.1) is 0 Å². The lowest BCUT2D eigenvalue weighted by Crippen LogP contribution is -2.34. The van der Waals surface area contributed by atoms with Crippen LogP contribution in [0.4, 0.5) is 16.2 Å². The molecule has 0 radical (unpaired) electrons. The van der Waals surface area contributed by atoms with Crippen LogP contribution in [0.3, 0.4) is 0 Å². The van der Waals surface area contributed by atoms with Crippen LogP contribution in [0.15, 0.2) is 59.7 Å². The van der Waals surface area contributed by atoms with Gasteiger partial charge in [0.2, 0.25) is 5.78 Å². The number of benzene rings is 2. The van der Waals surface area contributed by atoms with Crippen molar-refractivity contribution in [2.24, 2.45) is 10.8 Å². The zero-order valence-electron chi connectivity index (χ0n) is 20.4. The van der Waals surface area contributed by atoms with Crippen LogP contribution in [0.2, 0.25) is 0 Å². The average molecular weight is 463 g/mol. The van der Waals surface area contributed by atoms with Crippen molar-refractivity contribution in [3.63, 3.8) is 0 Å². The first-order valence-corrected chi connectivity index (χ1v) is 12.7. The van der Waals surface area contributed by atoms with E-state index < -0.39 is 12.1 Å². The first kappa shape index (κ1) is 25.5. The highest BCUT2D eigenvalue weighted by Crippen LogP contribution is 2.30. The lowest BCUT2D eigenvalue weighted by molar-refractivity contribution is -0.115. The van der Waals surface area contributed by atoms with Crippen LogP contribution in [0.1, 0.15) is 82.7 Å². The molecule has 2 amide bonds. The molecule has 1 aliphatic rings. The third-order valence-corrected chi connectivity index (χ3v) is 6.37. The van der Waals surface area contributed by atoms with Crippen molar-refractivity contribution in [3.8, 4) is 0 Å². The van der Waals surface area contributed by atoms with Crippen molar-refractivity contribution < 1.29 is 9.59 Å². The van der Waals surface area contributed by atoms with Crippen LogP contribution >= 0.6 is 0 Å². The molecular formula is C28H38N4O2. The van der Waals surface area contributed by atoms with E-state index in [2.05, 4.69) is 41.2 Å². The van der Waals surface area contributed by atoms with E-state index >= 15 is 0 Å². The van der Waals surface area contributed by atoms with Gasteiger partial charge in [0, 0.05) is 17.9 Å². The molecule has 2 aromatic carbocycles. The molecule has 0 fully saturated rings. The van der Waals surface area contributed by atoms with E-state index in [4.69, 9.17) is 5.73 Å². The van der Waals surface area contributed by atoms with Gasteiger partial charge in [-0.3, -0.25) is 4.79 Å². The average Bonchev–Trinajstić information content (AvgIpc) is 3.25. The van der Waals surface area contributed by atoms with Gasteiger partial charge < -0.3 is 10.6 Å². The predicted molar refractivity (Wildman–Crippen MR) is 139 cm³/mol. The summed E-state index contributed by atoms with van der Waals surface area (Å²) in [6.45, 7) is 3.19. The van der Waals surface area contributed by atoms with Crippen molar-refractivity contribution in [1.29, 1.82) is 0 Å². The van der Waals surface area contributed by atoms with Crippen molar-refractivity contribution in [2.75, 3.05) is 11.4 Å². The number of para-hydroxylation sites is 1. The topological polar surface area (TPSA) is 79.0 Å². The summed E-state index contributed by atoms with van der Waals surface area (Å²) in [6, 6.07) is 16.6. The number of ketones is 1. The smallest absolute Gasteiger partial charge is 0.336 e. The minimum absolute atomic E-state index is 0.239. The van der Waals surface area contributed by atoms with Crippen molar-refractivity contribution in [2.45, 2.75) is 77.2 Å². The summed E-state index contributed by atoms with van der Waals surface area (Å²) in [5.74, 6) is -0.239. The van der Waals surface area contributed by atoms with E-state index in [1.54, 1.807) is 0 Å². The van der Waals surface area contributed by atoms with Gasteiger partial charge in [0.25, 0.3) is 0 Å². The number of Topliss-reactive ketones (excluding diaryl/α,β-unsaturated/α-hetero) is 1. The summed E-state index contributed by atoms with van der Waals surface area (Å²) in [5.41, 5.74) is 8.29. The fourth-order valence-corrected chi connectivity index (χ4v) is 4.48. The molecule has 34 heavy (non-hydrogen) atoms. The first-order chi connectivity index (χ1) is 16.6. The van der Waals surface area contributed by atoms with Crippen LogP contribution in [0.5, 0.6) is 0 Å². The fraction of sp³-hybridized carbons (Fsp3) is 0.464. The van der Waals surface area contributed by atoms with E-state index in [9.17, 15) is 9.59 Å². The van der Waals surface area contributed by atoms with Gasteiger partial charge in [0.05, 0.1) is 6.21 Å². The molecule has 0 bridgehead atoms. The number of unbranched alkanes of at least 4 members (excludes halogenated alkanes) is 9. The molecule has 182 valence electrons. The Hall–Kier alpha value is -3.15. The van der Waals surface area contributed by atoms with Gasteiger partial charge in [0.15, 0.2) is 0 Å². The highest BCUT2D eigenvalue weighted by atomic mass is 16.2. The number of carbonyl (C=O) groups excluding carboxylic acids is 2. The van der Waals surface area contributed by atoms with Crippen molar-refractivity contribution >= 4 is 29.4 Å². The number of nitrogens with two attached hydrogens (primary N) is 1. The van der Waals surface area contributed by atoms with Crippen LogP contribution in [-0.4, -0.2) is 29.6 Å². The summed E-state index contributed by atoms with van der Waals surface area (Å²) in [6.07, 6.45) is 14.2. The van der Waals surface area contributed by atoms with Crippen molar-refractivity contribution in [1.82, 2.24) is 5.01 Å². The second-order valence-corrected chi connectivity index (χ2v) is 8.99. The van der Waals surface area contributed by atoms with Crippen LogP contribution < -0.4 is 10.6 Å². The highest BCUT2D eigenvalue weighted by Gasteiger charge is 2.33. The third-order valence-electron chi connectivity index (χ3n) is 6.37. The Morgan fingerprint density at radius 1 is 0.853 bits per heavy atom. The maximum Gasteiger partial charge on any atom is 0.336 e. The molecule has 2 N–H and O–H groups in total. The Kier molecular flexibility index (Phi) is 10.1. The van der Waals surface area contributed by atoms with Crippen LogP contribution in [0.25, 0.3) is 0 Å². The Morgan fingerprint density at radius 3 is 2.00 bits per heavy atom. The second-order valence-electron chi connectivity index (χ2n) is 8.99. The molecule has 6 nitrogen and oxygen atoms in total. The zero-order chi connectivity index (χ0) is 24.2. The molecule has 0 spiro atoms. The zero-order valence-corrected chi connectivity index (χ0v) is 20.4. The summed E-state index contributed by atoms with van der Waals surface area (Å²) >= 11 is 0. The SMILES string of the molecule is CCCCCCCCCCCCN(c1ccccc1)c1ccc(C2C(=O)C=NN2C(N)=O)cc1. The number of anilines is 2. The molecule has 0 aliphatic carbocycles. The van der Waals surface area contributed by atoms with Gasteiger partial charge >= 0.3 is 6.03 Å². The summed E-state index contributed by atoms with van der Waals surface area (Å²) in [4.78, 5) is 26.2. The summed E-state index contributed by atoms with van der Waals surface area (Å²) < 4.78 is 0. The summed E-state index contributed by atoms with van der Waals surface area (Å²) in [5, 5.41) is 4.88. The normalized spacial score (nSPS) is 15.1. The van der Waals surface area contributed by atoms with Gasteiger partial charge in [-0.15, -0.1) is 0 Å². The lowest BCUT2D eigenvalue weighted by atomic mass is 10.0. The molecule has 1 unspecified atom stereocenters. The Labute approximate surface area is 203 Å². The predicted octanol–water partition coefficient (Wildman–Crippen LogP) is 6.74. The van der Waals surface area contributed by atoms with Gasteiger partial charge in [-0.2, -0.15) is 10.1 Å². The Morgan fingerprint density at radius 2 is 1.41 bits per heavy atom. The maximum absolute atomic E-state index is 12.2. The molecule has 6 heteroatoms. The van der Waals surface area contributed by atoms with E-state index in [1.165, 1.54) is 57.8 Å². The first-order valence-electron chi connectivity index (χ1n) is 12.7. The molecule has 3 rings (SSSR count). The fourth-order valence-electron chi connectivity index (χ4n) is 4.48. The highest BCUT2D eigenvalue weighted by molar-refractivity contribution is 6.32. The molecule has 0 saturated heterocycles. The molecule has 0 saturated carbocycles. The molecular weight excluding hydrogens is 424 g/mol. The van der Waals surface area contributed by atoms with Gasteiger partial charge in [-0.05, 0) is 36.2 Å². The molecule has 1 atom stereocenters. The van der Waals surface area contributed by atoms with Gasteiger partial charge in [-0.25, -0.2) is 4.79 Å². The lowest BCUT2D eigenvalue weighted by Gasteiger charge is -2.26. The minimum atomic E-state index is -0.779. The minimum Gasteiger partial charge on any atom is -0.350 e. The number of carbonyl (C=O) groups is 2. The number of nitrogens with zero attached hydrogens (tertiary/aromatic N) is 3. The third kappa shape index (κ3) is 7.17. The molecule has 0 aromatic heterocycles. The number of hydrogen-bond donors (Lipinski definition) is 1. The molecule has 2 aromatic rings. The quantitative estimate of drug-likeness (QED) is 0.316. The molecule has 1 heterocycles. The van der Waals surface area contributed by atoms with E-state index in [0.717, 1.165) is 35.6 Å². The Balaban J connectivity index is 1.57. The Bertz CT molecular complexity index is 927. The standard InChI is InChI=1S/C28H38N4O2/c1-2-3-4-5-6-7-8-9-10-14-21-31(24-15-12-11-13-16-24)25-19-17-23(18-20-25)27-26(33)22-30-32(27)28(29)34/h11-13,15-20,22,27H,2-10,14,21H2,1H3,(H2,29,34). The molecule has 1 aliphatic heterocycles. The number of urea groups is 1. The number of primary amides is 1. The van der Waals surface area contributed by atoms with Gasteiger partial charge in [-0.1, -0.05) is 95.0 Å². The number of hydrogen-bond acceptors (Lipinski definition) is 4. The maximum atomic E-state index is 12.2. The van der Waals surface area contributed by atoms with E-state index in [0.29, 0.717) is 5.56 Å². The van der Waals surface area contributed by atoms with Gasteiger partial charge in [0.1, 0.15) is 6.04 Å². The number of rotatable bonds is 14. The second kappa shape index (κ2) is 13.5. The number of amides is 2. The van der Waals surface area contributed by atoms with E-state index in [1.807, 2.05) is 30.3 Å². The van der Waals surface area contributed by atoms with Crippen molar-refractivity contribution in [3.05, 3.63) is 60.2 Å². The van der Waals surface area contributed by atoms with E-state index in [-0.39, 0.29) is 5.78 Å². The summed E-state index contributed by atoms with van der Waals surface area (Å²) in [7, 11) is 0.